The van der Waals surface area contributed by atoms with E-state index in [1.165, 1.54) is 0 Å². The Morgan fingerprint density at radius 2 is 1.60 bits per heavy atom. The molecule has 0 saturated heterocycles. The van der Waals surface area contributed by atoms with Gasteiger partial charge in [-0.15, -0.1) is 0 Å². The summed E-state index contributed by atoms with van der Waals surface area (Å²) in [6, 6.07) is 16.0. The Hall–Kier alpha value is -3.39. The largest absolute Gasteiger partial charge is 0.481 e. The number of carboxylic acids is 1. The third kappa shape index (κ3) is 5.36. The molecule has 0 aromatic heterocycles. The van der Waals surface area contributed by atoms with Crippen molar-refractivity contribution in [3.63, 3.8) is 0 Å². The number of nitrogens with one attached hydrogen (secondary N) is 2. The lowest BCUT2D eigenvalue weighted by Gasteiger charge is -2.15. The van der Waals surface area contributed by atoms with Crippen LogP contribution in [0, 0.1) is 0 Å². The predicted molar refractivity (Wildman–Crippen MR) is 109 cm³/mol. The fourth-order valence-electron chi connectivity index (χ4n) is 3.43. The summed E-state index contributed by atoms with van der Waals surface area (Å²) in [6.45, 7) is 1.35. The van der Waals surface area contributed by atoms with Crippen LogP contribution in [0.4, 0.5) is 4.79 Å². The molecule has 0 saturated carbocycles. The molecule has 3 N–H and O–H groups in total. The summed E-state index contributed by atoms with van der Waals surface area (Å²) in [7, 11) is 0. The highest BCUT2D eigenvalue weighted by atomic mass is 16.5. The van der Waals surface area contributed by atoms with E-state index in [-0.39, 0.29) is 32.2 Å². The molecule has 1 atom stereocenters. The number of hydrogen-bond acceptors (Lipinski definition) is 5. The van der Waals surface area contributed by atoms with Gasteiger partial charge in [0.05, 0.1) is 12.5 Å². The Morgan fingerprint density at radius 1 is 1.00 bits per heavy atom. The number of carbonyl (C=O) groups excluding carboxylic acids is 2. The van der Waals surface area contributed by atoms with Crippen molar-refractivity contribution in [1.29, 1.82) is 0 Å². The lowest BCUT2D eigenvalue weighted by atomic mass is 9.98. The fraction of sp³-hybridized carbons (Fsp3) is 0.318. The Bertz CT molecular complexity index is 884. The van der Waals surface area contributed by atoms with Crippen LogP contribution in [-0.4, -0.2) is 49.1 Å². The summed E-state index contributed by atoms with van der Waals surface area (Å²) in [6.07, 6.45) is -1.38. The van der Waals surface area contributed by atoms with Crippen molar-refractivity contribution in [1.82, 2.24) is 10.6 Å². The van der Waals surface area contributed by atoms with E-state index in [2.05, 4.69) is 22.8 Å². The first-order chi connectivity index (χ1) is 14.5. The van der Waals surface area contributed by atoms with Crippen molar-refractivity contribution in [2.45, 2.75) is 25.4 Å². The molecule has 1 aliphatic rings. The van der Waals surface area contributed by atoms with Crippen LogP contribution in [0.25, 0.3) is 11.1 Å². The normalized spacial score (nSPS) is 13.1. The molecular formula is C22H24N2O6. The quantitative estimate of drug-likeness (QED) is 0.545. The molecule has 0 unspecified atom stereocenters. The third-order valence-corrected chi connectivity index (χ3v) is 4.84. The van der Waals surface area contributed by atoms with Crippen LogP contribution < -0.4 is 10.6 Å². The van der Waals surface area contributed by atoms with Crippen molar-refractivity contribution in [2.75, 3.05) is 19.9 Å². The number of ether oxygens (including phenoxy) is 2. The Balaban J connectivity index is 1.43. The van der Waals surface area contributed by atoms with Gasteiger partial charge in [-0.1, -0.05) is 48.5 Å². The first-order valence-corrected chi connectivity index (χ1v) is 9.64. The van der Waals surface area contributed by atoms with Crippen LogP contribution >= 0.6 is 0 Å². The number of carbonyl (C=O) groups is 3. The number of hydrogen-bond donors (Lipinski definition) is 3. The van der Waals surface area contributed by atoms with Crippen LogP contribution in [0.3, 0.4) is 0 Å². The van der Waals surface area contributed by atoms with E-state index >= 15 is 0 Å². The van der Waals surface area contributed by atoms with Crippen molar-refractivity contribution >= 4 is 18.0 Å². The minimum Gasteiger partial charge on any atom is -0.481 e. The zero-order valence-corrected chi connectivity index (χ0v) is 16.6. The average molecular weight is 412 g/mol. The first-order valence-electron chi connectivity index (χ1n) is 9.64. The molecule has 0 spiro atoms. The summed E-state index contributed by atoms with van der Waals surface area (Å²) in [4.78, 5) is 34.3. The molecular weight excluding hydrogens is 388 g/mol. The van der Waals surface area contributed by atoms with Gasteiger partial charge in [0.2, 0.25) is 5.91 Å². The maximum absolute atomic E-state index is 12.0. The first kappa shape index (κ1) is 21.3. The maximum atomic E-state index is 12.0. The molecule has 2 amide bonds. The summed E-state index contributed by atoms with van der Waals surface area (Å²) < 4.78 is 10.5. The van der Waals surface area contributed by atoms with Gasteiger partial charge in [-0.25, -0.2) is 4.79 Å². The monoisotopic (exact) mass is 412 g/mol. The van der Waals surface area contributed by atoms with Crippen LogP contribution in [0.15, 0.2) is 48.5 Å². The van der Waals surface area contributed by atoms with Gasteiger partial charge in [-0.05, 0) is 29.2 Å². The average Bonchev–Trinajstić information content (AvgIpc) is 3.04. The zero-order valence-electron chi connectivity index (χ0n) is 16.6. The summed E-state index contributed by atoms with van der Waals surface area (Å²) >= 11 is 0. The van der Waals surface area contributed by atoms with E-state index in [1.54, 1.807) is 6.92 Å². The summed E-state index contributed by atoms with van der Waals surface area (Å²) in [5, 5.41) is 13.5. The SMILES string of the molecule is C[C@@H](CC(=O)O)OCNC(=O)CNC(=O)OCC1c2ccccc2-c2ccccc21. The number of aliphatic carboxylic acids is 1. The molecule has 0 bridgehead atoms. The second kappa shape index (κ2) is 9.89. The van der Waals surface area contributed by atoms with E-state index in [1.807, 2.05) is 36.4 Å². The minimum absolute atomic E-state index is 0.0545. The summed E-state index contributed by atoms with van der Waals surface area (Å²) in [5.74, 6) is -1.50. The standard InChI is InChI=1S/C22H24N2O6/c1-14(10-21(26)27)30-13-24-20(25)11-23-22(28)29-12-19-17-8-4-2-6-15(17)16-7-3-5-9-18(16)19/h2-9,14,19H,10-13H2,1H3,(H,23,28)(H,24,25)(H,26,27)/t14-/m0/s1. The van der Waals surface area contributed by atoms with E-state index in [0.29, 0.717) is 0 Å². The maximum Gasteiger partial charge on any atom is 0.407 e. The highest BCUT2D eigenvalue weighted by molar-refractivity contribution is 5.82. The minimum atomic E-state index is -0.981. The second-order valence-corrected chi connectivity index (χ2v) is 7.00. The van der Waals surface area contributed by atoms with Gasteiger partial charge < -0.3 is 25.2 Å². The molecule has 0 aliphatic heterocycles. The van der Waals surface area contributed by atoms with Crippen LogP contribution in [0.1, 0.15) is 30.4 Å². The number of amides is 2. The van der Waals surface area contributed by atoms with Gasteiger partial charge in [0.25, 0.3) is 0 Å². The molecule has 0 heterocycles. The highest BCUT2D eigenvalue weighted by Crippen LogP contribution is 2.44. The predicted octanol–water partition coefficient (Wildman–Crippen LogP) is 2.48. The number of benzene rings is 2. The van der Waals surface area contributed by atoms with Gasteiger partial charge in [0.1, 0.15) is 19.9 Å². The molecule has 8 heteroatoms. The molecule has 0 radical (unpaired) electrons. The van der Waals surface area contributed by atoms with E-state index < -0.39 is 24.1 Å². The zero-order chi connectivity index (χ0) is 21.5. The highest BCUT2D eigenvalue weighted by Gasteiger charge is 2.29. The van der Waals surface area contributed by atoms with Crippen LogP contribution in [0.2, 0.25) is 0 Å². The number of rotatable bonds is 9. The van der Waals surface area contributed by atoms with Crippen molar-refractivity contribution in [2.24, 2.45) is 0 Å². The van der Waals surface area contributed by atoms with Gasteiger partial charge in [-0.3, -0.25) is 9.59 Å². The lowest BCUT2D eigenvalue weighted by Crippen LogP contribution is -2.39. The Morgan fingerprint density at radius 3 is 2.20 bits per heavy atom. The van der Waals surface area contributed by atoms with Gasteiger partial charge in [0.15, 0.2) is 0 Å². The van der Waals surface area contributed by atoms with Crippen LogP contribution in [0.5, 0.6) is 0 Å². The molecule has 30 heavy (non-hydrogen) atoms. The van der Waals surface area contributed by atoms with Crippen molar-refractivity contribution in [3.8, 4) is 11.1 Å². The van der Waals surface area contributed by atoms with Crippen molar-refractivity contribution < 1.29 is 29.0 Å². The second-order valence-electron chi connectivity index (χ2n) is 7.00. The van der Waals surface area contributed by atoms with Crippen LogP contribution in [-0.2, 0) is 19.1 Å². The van der Waals surface area contributed by atoms with E-state index in [9.17, 15) is 14.4 Å². The van der Waals surface area contributed by atoms with Gasteiger partial charge in [0, 0.05) is 5.92 Å². The number of fused-ring (bicyclic) bond motifs is 3. The fourth-order valence-corrected chi connectivity index (χ4v) is 3.43. The van der Waals surface area contributed by atoms with Crippen molar-refractivity contribution in [3.05, 3.63) is 59.7 Å². The molecule has 8 nitrogen and oxygen atoms in total. The molecule has 0 fully saturated rings. The van der Waals surface area contributed by atoms with E-state index in [0.717, 1.165) is 22.3 Å². The molecule has 2 aromatic carbocycles. The lowest BCUT2D eigenvalue weighted by molar-refractivity contribution is -0.140. The summed E-state index contributed by atoms with van der Waals surface area (Å²) in [5.41, 5.74) is 4.49. The smallest absolute Gasteiger partial charge is 0.407 e. The molecule has 1 aliphatic carbocycles. The number of alkyl carbamates (subject to hydrolysis) is 1. The Labute approximate surface area is 174 Å². The molecule has 2 aromatic rings. The van der Waals surface area contributed by atoms with Gasteiger partial charge in [-0.2, -0.15) is 0 Å². The third-order valence-electron chi connectivity index (χ3n) is 4.84. The molecule has 3 rings (SSSR count). The number of carboxylic acid groups (broad SMARTS) is 1. The van der Waals surface area contributed by atoms with Gasteiger partial charge >= 0.3 is 12.1 Å². The Kier molecular flexibility index (Phi) is 7.03. The topological polar surface area (TPSA) is 114 Å². The van der Waals surface area contributed by atoms with E-state index in [4.69, 9.17) is 14.6 Å². The molecule has 158 valence electrons.